The standard InChI is InChI=1S/C13H19FN2O/c1-17-13-6-5-9(7-10(13)14)8-16-12-4-2-3-11(12)15/h5-7,11-12,16H,2-4,8,15H2,1H3. The van der Waals surface area contributed by atoms with Gasteiger partial charge in [-0.25, -0.2) is 4.39 Å². The van der Waals surface area contributed by atoms with Gasteiger partial charge in [-0.3, -0.25) is 0 Å². The molecule has 1 fully saturated rings. The number of rotatable bonds is 4. The molecule has 2 unspecified atom stereocenters. The molecule has 0 aliphatic heterocycles. The van der Waals surface area contributed by atoms with Crippen molar-refractivity contribution in [2.24, 2.45) is 5.73 Å². The van der Waals surface area contributed by atoms with Gasteiger partial charge in [0.15, 0.2) is 11.6 Å². The van der Waals surface area contributed by atoms with Crippen LogP contribution < -0.4 is 15.8 Å². The van der Waals surface area contributed by atoms with Crippen LogP contribution in [-0.2, 0) is 6.54 Å². The van der Waals surface area contributed by atoms with E-state index in [2.05, 4.69) is 5.32 Å². The minimum Gasteiger partial charge on any atom is -0.494 e. The van der Waals surface area contributed by atoms with Gasteiger partial charge >= 0.3 is 0 Å². The molecular weight excluding hydrogens is 219 g/mol. The van der Waals surface area contributed by atoms with Crippen molar-refractivity contribution in [3.8, 4) is 5.75 Å². The largest absolute Gasteiger partial charge is 0.494 e. The van der Waals surface area contributed by atoms with Gasteiger partial charge in [0.25, 0.3) is 0 Å². The van der Waals surface area contributed by atoms with Crippen LogP contribution >= 0.6 is 0 Å². The average molecular weight is 238 g/mol. The van der Waals surface area contributed by atoms with Crippen LogP contribution in [0.3, 0.4) is 0 Å². The van der Waals surface area contributed by atoms with E-state index in [1.807, 2.05) is 6.07 Å². The molecule has 0 radical (unpaired) electrons. The number of nitrogens with one attached hydrogen (secondary N) is 1. The van der Waals surface area contributed by atoms with E-state index in [-0.39, 0.29) is 17.6 Å². The molecule has 3 N–H and O–H groups in total. The number of ether oxygens (including phenoxy) is 1. The van der Waals surface area contributed by atoms with Crippen molar-refractivity contribution in [2.75, 3.05) is 7.11 Å². The Morgan fingerprint density at radius 3 is 2.88 bits per heavy atom. The Morgan fingerprint density at radius 2 is 2.29 bits per heavy atom. The fraction of sp³-hybridized carbons (Fsp3) is 0.538. The molecule has 4 heteroatoms. The van der Waals surface area contributed by atoms with Crippen LogP contribution in [0.2, 0.25) is 0 Å². The van der Waals surface area contributed by atoms with E-state index in [4.69, 9.17) is 10.5 Å². The first-order valence-electron chi connectivity index (χ1n) is 6.02. The second-order valence-electron chi connectivity index (χ2n) is 4.55. The summed E-state index contributed by atoms with van der Waals surface area (Å²) in [5.74, 6) is -0.0335. The van der Waals surface area contributed by atoms with Crippen molar-refractivity contribution >= 4 is 0 Å². The Balaban J connectivity index is 1.92. The van der Waals surface area contributed by atoms with Crippen LogP contribution in [0.4, 0.5) is 4.39 Å². The molecule has 1 aliphatic rings. The third-order valence-electron chi connectivity index (χ3n) is 3.35. The van der Waals surface area contributed by atoms with Crippen LogP contribution in [0, 0.1) is 5.82 Å². The topological polar surface area (TPSA) is 47.3 Å². The summed E-state index contributed by atoms with van der Waals surface area (Å²) in [6.07, 6.45) is 3.37. The van der Waals surface area contributed by atoms with Gasteiger partial charge in [-0.15, -0.1) is 0 Å². The van der Waals surface area contributed by atoms with Gasteiger partial charge in [0.05, 0.1) is 7.11 Å². The fourth-order valence-electron chi connectivity index (χ4n) is 2.31. The molecule has 0 spiro atoms. The monoisotopic (exact) mass is 238 g/mol. The maximum absolute atomic E-state index is 13.5. The minimum absolute atomic E-state index is 0.234. The Labute approximate surface area is 101 Å². The highest BCUT2D eigenvalue weighted by Crippen LogP contribution is 2.20. The lowest BCUT2D eigenvalue weighted by Gasteiger charge is -2.17. The SMILES string of the molecule is COc1ccc(CNC2CCCC2N)cc1F. The number of halogens is 1. The van der Waals surface area contributed by atoms with E-state index in [9.17, 15) is 4.39 Å². The third-order valence-corrected chi connectivity index (χ3v) is 3.35. The average Bonchev–Trinajstić information content (AvgIpc) is 2.72. The van der Waals surface area contributed by atoms with E-state index in [0.29, 0.717) is 12.6 Å². The van der Waals surface area contributed by atoms with Gasteiger partial charge < -0.3 is 15.8 Å². The maximum Gasteiger partial charge on any atom is 0.165 e. The summed E-state index contributed by atoms with van der Waals surface area (Å²) in [6, 6.07) is 5.63. The Kier molecular flexibility index (Phi) is 3.97. The number of nitrogens with two attached hydrogens (primary N) is 1. The van der Waals surface area contributed by atoms with E-state index in [0.717, 1.165) is 18.4 Å². The van der Waals surface area contributed by atoms with Crippen molar-refractivity contribution in [1.82, 2.24) is 5.32 Å². The number of methoxy groups -OCH3 is 1. The second-order valence-corrected chi connectivity index (χ2v) is 4.55. The first kappa shape index (κ1) is 12.3. The van der Waals surface area contributed by atoms with Crippen LogP contribution in [0.5, 0.6) is 5.75 Å². The quantitative estimate of drug-likeness (QED) is 0.841. The van der Waals surface area contributed by atoms with Crippen LogP contribution in [0.1, 0.15) is 24.8 Å². The van der Waals surface area contributed by atoms with E-state index < -0.39 is 0 Å². The molecule has 0 bridgehead atoms. The van der Waals surface area contributed by atoms with Gasteiger partial charge in [-0.05, 0) is 30.5 Å². The number of hydrogen-bond acceptors (Lipinski definition) is 3. The maximum atomic E-state index is 13.5. The molecule has 3 nitrogen and oxygen atoms in total. The summed E-state index contributed by atoms with van der Waals surface area (Å²) in [5, 5.41) is 3.38. The first-order valence-corrected chi connectivity index (χ1v) is 6.02. The van der Waals surface area contributed by atoms with E-state index in [1.165, 1.54) is 19.6 Å². The number of hydrogen-bond donors (Lipinski definition) is 2. The molecule has 0 amide bonds. The van der Waals surface area contributed by atoms with Crippen molar-refractivity contribution < 1.29 is 9.13 Å². The molecule has 2 rings (SSSR count). The van der Waals surface area contributed by atoms with Crippen LogP contribution in [-0.4, -0.2) is 19.2 Å². The molecule has 0 heterocycles. The van der Waals surface area contributed by atoms with Crippen molar-refractivity contribution in [2.45, 2.75) is 37.9 Å². The minimum atomic E-state index is -0.317. The predicted octanol–water partition coefficient (Wildman–Crippen LogP) is 1.80. The Hall–Kier alpha value is -1.13. The lowest BCUT2D eigenvalue weighted by molar-refractivity contribution is 0.385. The Bertz CT molecular complexity index is 384. The van der Waals surface area contributed by atoms with Crippen LogP contribution in [0.15, 0.2) is 18.2 Å². The van der Waals surface area contributed by atoms with Crippen molar-refractivity contribution in [3.63, 3.8) is 0 Å². The smallest absolute Gasteiger partial charge is 0.165 e. The second kappa shape index (κ2) is 5.47. The number of benzene rings is 1. The zero-order chi connectivity index (χ0) is 12.3. The molecular formula is C13H19FN2O. The lowest BCUT2D eigenvalue weighted by Crippen LogP contribution is -2.40. The summed E-state index contributed by atoms with van der Waals surface area (Å²) >= 11 is 0. The first-order chi connectivity index (χ1) is 8.20. The molecule has 1 saturated carbocycles. The molecule has 1 aromatic rings. The fourth-order valence-corrected chi connectivity index (χ4v) is 2.31. The molecule has 0 saturated heterocycles. The van der Waals surface area contributed by atoms with Gasteiger partial charge in [0.2, 0.25) is 0 Å². The van der Waals surface area contributed by atoms with Crippen molar-refractivity contribution in [3.05, 3.63) is 29.6 Å². The third kappa shape index (κ3) is 2.96. The molecule has 0 aromatic heterocycles. The van der Waals surface area contributed by atoms with Gasteiger partial charge in [-0.2, -0.15) is 0 Å². The molecule has 94 valence electrons. The summed E-state index contributed by atoms with van der Waals surface area (Å²) < 4.78 is 18.3. The van der Waals surface area contributed by atoms with Gasteiger partial charge in [0, 0.05) is 18.6 Å². The zero-order valence-corrected chi connectivity index (χ0v) is 10.1. The molecule has 17 heavy (non-hydrogen) atoms. The molecule has 2 atom stereocenters. The highest BCUT2D eigenvalue weighted by atomic mass is 19.1. The predicted molar refractivity (Wildman–Crippen MR) is 65.4 cm³/mol. The van der Waals surface area contributed by atoms with E-state index in [1.54, 1.807) is 6.07 Å². The lowest BCUT2D eigenvalue weighted by atomic mass is 10.1. The zero-order valence-electron chi connectivity index (χ0n) is 10.1. The molecule has 1 aliphatic carbocycles. The van der Waals surface area contributed by atoms with Crippen LogP contribution in [0.25, 0.3) is 0 Å². The highest BCUT2D eigenvalue weighted by Gasteiger charge is 2.22. The normalized spacial score (nSPS) is 23.9. The summed E-state index contributed by atoms with van der Waals surface area (Å²) in [6.45, 7) is 0.652. The summed E-state index contributed by atoms with van der Waals surface area (Å²) in [5.41, 5.74) is 6.88. The van der Waals surface area contributed by atoms with Gasteiger partial charge in [0.1, 0.15) is 0 Å². The summed E-state index contributed by atoms with van der Waals surface area (Å²) in [7, 11) is 1.47. The highest BCUT2D eigenvalue weighted by molar-refractivity contribution is 5.29. The Morgan fingerprint density at radius 1 is 1.47 bits per heavy atom. The van der Waals surface area contributed by atoms with Crippen molar-refractivity contribution in [1.29, 1.82) is 0 Å². The summed E-state index contributed by atoms with van der Waals surface area (Å²) in [4.78, 5) is 0. The van der Waals surface area contributed by atoms with Gasteiger partial charge in [-0.1, -0.05) is 12.5 Å². The van der Waals surface area contributed by atoms with E-state index >= 15 is 0 Å². The molecule has 1 aromatic carbocycles.